The molecule has 0 radical (unpaired) electrons. The van der Waals surface area contributed by atoms with Gasteiger partial charge in [0.2, 0.25) is 5.95 Å². The van der Waals surface area contributed by atoms with Gasteiger partial charge in [0, 0.05) is 20.6 Å². The molecule has 0 aliphatic carbocycles. The predicted molar refractivity (Wildman–Crippen MR) is 104 cm³/mol. The number of hydrogen-bond donors (Lipinski definition) is 2. The van der Waals surface area contributed by atoms with Gasteiger partial charge in [-0.15, -0.1) is 6.58 Å². The molecule has 0 saturated heterocycles. The average molecular weight is 368 g/mol. The summed E-state index contributed by atoms with van der Waals surface area (Å²) in [5, 5.41) is 13.7. The first-order valence-electron chi connectivity index (χ1n) is 8.22. The van der Waals surface area contributed by atoms with Crippen LogP contribution in [0.5, 0.6) is 5.75 Å². The van der Waals surface area contributed by atoms with Gasteiger partial charge < -0.3 is 5.11 Å². The minimum atomic E-state index is -0.453. The smallest absolute Gasteiger partial charge is 0.332 e. The molecule has 140 valence electrons. The molecule has 0 fully saturated rings. The van der Waals surface area contributed by atoms with Gasteiger partial charge in [-0.25, -0.2) is 10.2 Å². The maximum absolute atomic E-state index is 12.6. The zero-order valence-corrected chi connectivity index (χ0v) is 15.3. The van der Waals surface area contributed by atoms with Crippen LogP contribution in [0.2, 0.25) is 0 Å². The molecule has 0 atom stereocenters. The number of fused-ring (bicyclic) bond motifs is 1. The Kier molecular flexibility index (Phi) is 4.68. The Morgan fingerprint density at radius 2 is 1.93 bits per heavy atom. The standard InChI is InChI=1S/C18H20N6O3/c1-5-10-24-14-15(22(3)18(27)23(4)16(14)26)19-17(24)21-20-11(2)12-6-8-13(25)9-7-12/h5-9,25H,1,10H2,2-4H3,(H,19,21)/b20-11+. The lowest BCUT2D eigenvalue weighted by molar-refractivity contribution is 0.475. The van der Waals surface area contributed by atoms with E-state index in [-0.39, 0.29) is 11.4 Å². The fraction of sp³-hybridized carbons (Fsp3) is 0.222. The average Bonchev–Trinajstić information content (AvgIpc) is 3.02. The largest absolute Gasteiger partial charge is 0.508 e. The van der Waals surface area contributed by atoms with Gasteiger partial charge in [0.1, 0.15) is 5.75 Å². The third-order valence-electron chi connectivity index (χ3n) is 4.27. The normalized spacial score (nSPS) is 11.7. The van der Waals surface area contributed by atoms with Crippen LogP contribution in [-0.4, -0.2) is 29.5 Å². The summed E-state index contributed by atoms with van der Waals surface area (Å²) in [4.78, 5) is 29.1. The van der Waals surface area contributed by atoms with Crippen LogP contribution in [0, 0.1) is 0 Å². The van der Waals surface area contributed by atoms with Crippen molar-refractivity contribution in [1.29, 1.82) is 0 Å². The van der Waals surface area contributed by atoms with E-state index >= 15 is 0 Å². The Bertz CT molecular complexity index is 1170. The summed E-state index contributed by atoms with van der Waals surface area (Å²) >= 11 is 0. The predicted octanol–water partition coefficient (Wildman–Crippen LogP) is 1.16. The summed E-state index contributed by atoms with van der Waals surface area (Å²) in [5.41, 5.74) is 4.01. The molecule has 0 amide bonds. The van der Waals surface area contributed by atoms with Crippen LogP contribution in [0.3, 0.4) is 0 Å². The molecule has 0 aliphatic rings. The molecule has 2 aromatic heterocycles. The van der Waals surface area contributed by atoms with E-state index in [0.29, 0.717) is 23.7 Å². The lowest BCUT2D eigenvalue weighted by atomic mass is 10.1. The van der Waals surface area contributed by atoms with Crippen LogP contribution in [-0.2, 0) is 20.6 Å². The molecule has 2 heterocycles. The van der Waals surface area contributed by atoms with E-state index in [0.717, 1.165) is 10.1 Å². The minimum absolute atomic E-state index is 0.170. The van der Waals surface area contributed by atoms with Crippen molar-refractivity contribution in [1.82, 2.24) is 18.7 Å². The van der Waals surface area contributed by atoms with Gasteiger partial charge in [-0.3, -0.25) is 18.5 Å². The zero-order valence-electron chi connectivity index (χ0n) is 15.3. The molecule has 0 aliphatic heterocycles. The van der Waals surface area contributed by atoms with Crippen LogP contribution in [0.25, 0.3) is 11.2 Å². The third-order valence-corrected chi connectivity index (χ3v) is 4.27. The molecule has 3 aromatic rings. The maximum Gasteiger partial charge on any atom is 0.332 e. The van der Waals surface area contributed by atoms with Gasteiger partial charge in [0.15, 0.2) is 11.2 Å². The Balaban J connectivity index is 2.11. The molecule has 9 nitrogen and oxygen atoms in total. The molecule has 0 spiro atoms. The number of rotatable bonds is 5. The first-order chi connectivity index (χ1) is 12.8. The third kappa shape index (κ3) is 3.14. The summed E-state index contributed by atoms with van der Waals surface area (Å²) in [6.07, 6.45) is 1.63. The molecule has 0 saturated carbocycles. The SMILES string of the molecule is C=CCn1c(N/N=C(\C)c2ccc(O)cc2)nc2c1c(=O)n(C)c(=O)n2C. The van der Waals surface area contributed by atoms with Crippen LogP contribution < -0.4 is 16.7 Å². The van der Waals surface area contributed by atoms with Crippen molar-refractivity contribution in [2.24, 2.45) is 19.2 Å². The summed E-state index contributed by atoms with van der Waals surface area (Å²) in [6.45, 7) is 5.83. The highest BCUT2D eigenvalue weighted by atomic mass is 16.3. The van der Waals surface area contributed by atoms with Crippen molar-refractivity contribution in [3.05, 3.63) is 63.3 Å². The molecule has 27 heavy (non-hydrogen) atoms. The number of hydrogen-bond acceptors (Lipinski definition) is 6. The number of imidazole rings is 1. The highest BCUT2D eigenvalue weighted by Gasteiger charge is 2.18. The van der Waals surface area contributed by atoms with Crippen LogP contribution in [0.4, 0.5) is 5.95 Å². The van der Waals surface area contributed by atoms with Crippen LogP contribution >= 0.6 is 0 Å². The topological polar surface area (TPSA) is 106 Å². The number of allylic oxidation sites excluding steroid dienone is 1. The van der Waals surface area contributed by atoms with E-state index in [1.165, 1.54) is 11.6 Å². The molecule has 0 bridgehead atoms. The summed E-state index contributed by atoms with van der Waals surface area (Å²) < 4.78 is 3.98. The molecular weight excluding hydrogens is 348 g/mol. The maximum atomic E-state index is 12.6. The molecule has 9 heteroatoms. The molecule has 0 unspecified atom stereocenters. The number of phenolic OH excluding ortho intramolecular Hbond substituents is 1. The second-order valence-electron chi connectivity index (χ2n) is 6.07. The van der Waals surface area contributed by atoms with Crippen molar-refractivity contribution in [3.8, 4) is 5.75 Å². The van der Waals surface area contributed by atoms with Crippen molar-refractivity contribution in [2.75, 3.05) is 5.43 Å². The number of anilines is 1. The summed E-state index contributed by atoms with van der Waals surface area (Å²) in [7, 11) is 2.99. The van der Waals surface area contributed by atoms with E-state index in [1.807, 2.05) is 0 Å². The first kappa shape index (κ1) is 18.2. The second kappa shape index (κ2) is 6.94. The number of nitrogens with one attached hydrogen (secondary N) is 1. The Morgan fingerprint density at radius 3 is 2.56 bits per heavy atom. The van der Waals surface area contributed by atoms with Crippen molar-refractivity contribution >= 4 is 22.8 Å². The fourth-order valence-electron chi connectivity index (χ4n) is 2.74. The Morgan fingerprint density at radius 1 is 1.26 bits per heavy atom. The number of nitrogens with zero attached hydrogens (tertiary/aromatic N) is 5. The summed E-state index contributed by atoms with van der Waals surface area (Å²) in [5.74, 6) is 0.491. The zero-order chi connectivity index (χ0) is 19.7. The number of phenols is 1. The second-order valence-corrected chi connectivity index (χ2v) is 6.07. The van der Waals surface area contributed by atoms with Gasteiger partial charge in [-0.2, -0.15) is 10.1 Å². The van der Waals surface area contributed by atoms with Crippen molar-refractivity contribution in [3.63, 3.8) is 0 Å². The number of aryl methyl sites for hydroxylation is 1. The highest BCUT2D eigenvalue weighted by molar-refractivity contribution is 5.99. The number of hydrazone groups is 1. The lowest BCUT2D eigenvalue weighted by Crippen LogP contribution is -2.37. The van der Waals surface area contributed by atoms with Crippen LogP contribution in [0.1, 0.15) is 12.5 Å². The molecule has 2 N–H and O–H groups in total. The number of aromatic nitrogens is 4. The van der Waals surface area contributed by atoms with Gasteiger partial charge in [0.05, 0.1) is 5.71 Å². The Labute approximate surface area is 154 Å². The quantitative estimate of drug-likeness (QED) is 0.399. The Hall–Kier alpha value is -3.62. The highest BCUT2D eigenvalue weighted by Crippen LogP contribution is 2.16. The van der Waals surface area contributed by atoms with Gasteiger partial charge in [0.25, 0.3) is 5.56 Å². The van der Waals surface area contributed by atoms with E-state index < -0.39 is 11.2 Å². The van der Waals surface area contributed by atoms with E-state index in [2.05, 4.69) is 22.1 Å². The van der Waals surface area contributed by atoms with E-state index in [9.17, 15) is 14.7 Å². The monoisotopic (exact) mass is 368 g/mol. The fourth-order valence-corrected chi connectivity index (χ4v) is 2.74. The van der Waals surface area contributed by atoms with Crippen molar-refractivity contribution in [2.45, 2.75) is 13.5 Å². The minimum Gasteiger partial charge on any atom is -0.508 e. The lowest BCUT2D eigenvalue weighted by Gasteiger charge is -2.07. The van der Waals surface area contributed by atoms with Crippen LogP contribution in [0.15, 0.2) is 51.6 Å². The van der Waals surface area contributed by atoms with Gasteiger partial charge >= 0.3 is 5.69 Å². The van der Waals surface area contributed by atoms with E-state index in [1.54, 1.807) is 48.9 Å². The molecule has 3 rings (SSSR count). The number of benzene rings is 1. The number of aromatic hydroxyl groups is 1. The summed E-state index contributed by atoms with van der Waals surface area (Å²) in [6, 6.07) is 6.62. The molecular formula is C18H20N6O3. The van der Waals surface area contributed by atoms with E-state index in [4.69, 9.17) is 0 Å². The molecule has 1 aromatic carbocycles. The van der Waals surface area contributed by atoms with Gasteiger partial charge in [-0.05, 0) is 36.8 Å². The van der Waals surface area contributed by atoms with Gasteiger partial charge in [-0.1, -0.05) is 6.08 Å². The first-order valence-corrected chi connectivity index (χ1v) is 8.22. The van der Waals surface area contributed by atoms with Crippen molar-refractivity contribution < 1.29 is 5.11 Å².